The molecule has 7 aromatic rings. The largest absolute Gasteiger partial charge is 0.304 e. The van der Waals surface area contributed by atoms with Gasteiger partial charge in [0.05, 0.1) is 0 Å². The predicted octanol–water partition coefficient (Wildman–Crippen LogP) is 9.69. The van der Waals surface area contributed by atoms with Gasteiger partial charge in [-0.1, -0.05) is 90.0 Å². The number of fused-ring (bicyclic) bond motifs is 3. The third-order valence-corrected chi connectivity index (χ3v) is 6.98. The van der Waals surface area contributed by atoms with E-state index in [-0.39, 0.29) is 20.1 Å². The molecule has 0 atom stereocenters. The zero-order valence-electron chi connectivity index (χ0n) is 22.9. The predicted molar refractivity (Wildman–Crippen MR) is 167 cm³/mol. The molecule has 2 heterocycles. The summed E-state index contributed by atoms with van der Waals surface area (Å²) in [6.45, 7) is 4.08. The zero-order chi connectivity index (χ0) is 27.3. The van der Waals surface area contributed by atoms with Crippen molar-refractivity contribution in [1.29, 1.82) is 0 Å². The van der Waals surface area contributed by atoms with Crippen molar-refractivity contribution in [2.75, 3.05) is 0 Å². The molecule has 0 aliphatic rings. The van der Waals surface area contributed by atoms with E-state index < -0.39 is 0 Å². The third-order valence-electron chi connectivity index (χ3n) is 6.98. The van der Waals surface area contributed by atoms with E-state index in [0.29, 0.717) is 0 Å². The van der Waals surface area contributed by atoms with Gasteiger partial charge in [-0.15, -0.1) is 65.7 Å². The maximum absolute atomic E-state index is 4.51. The van der Waals surface area contributed by atoms with Crippen molar-refractivity contribution in [2.45, 2.75) is 13.8 Å². The molecule has 0 aliphatic heterocycles. The number of pyridine rings is 2. The van der Waals surface area contributed by atoms with E-state index in [2.05, 4.69) is 114 Å². The first kappa shape index (κ1) is 28.1. The number of aryl methyl sites for hydroxylation is 2. The molecule has 3 heteroatoms. The number of aromatic nitrogens is 2. The molecule has 41 heavy (non-hydrogen) atoms. The Morgan fingerprint density at radius 1 is 0.537 bits per heavy atom. The summed E-state index contributed by atoms with van der Waals surface area (Å²) in [5.41, 5.74) is 8.75. The average molecular weight is 705 g/mol. The number of rotatable bonds is 3. The molecule has 1 radical (unpaired) electrons. The second-order valence-electron chi connectivity index (χ2n) is 9.90. The average Bonchev–Trinajstić information content (AvgIpc) is 3.02. The van der Waals surface area contributed by atoms with Crippen molar-refractivity contribution in [3.05, 3.63) is 157 Å². The Kier molecular flexibility index (Phi) is 8.79. The Balaban J connectivity index is 0.000000204. The molecule has 0 unspecified atom stereocenters. The fourth-order valence-corrected chi connectivity index (χ4v) is 4.85. The first-order valence-electron chi connectivity index (χ1n) is 13.4. The van der Waals surface area contributed by atoms with Crippen LogP contribution in [0.2, 0.25) is 0 Å². The number of hydrogen-bond acceptors (Lipinski definition) is 2. The summed E-state index contributed by atoms with van der Waals surface area (Å²) < 4.78 is 0. The van der Waals surface area contributed by atoms with Gasteiger partial charge in [0.15, 0.2) is 0 Å². The van der Waals surface area contributed by atoms with Crippen molar-refractivity contribution >= 4 is 21.5 Å². The molecule has 7 rings (SSSR count). The van der Waals surface area contributed by atoms with Gasteiger partial charge in [0.1, 0.15) is 0 Å². The van der Waals surface area contributed by atoms with Crippen LogP contribution in [0, 0.1) is 26.0 Å². The van der Waals surface area contributed by atoms with E-state index in [1.54, 1.807) is 0 Å². The molecule has 0 saturated heterocycles. The number of hydrogen-bond donors (Lipinski definition) is 0. The minimum Gasteiger partial charge on any atom is -0.304 e. The summed E-state index contributed by atoms with van der Waals surface area (Å²) in [5.74, 6) is 0. The Labute approximate surface area is 255 Å². The van der Waals surface area contributed by atoms with Crippen LogP contribution in [0.4, 0.5) is 0 Å². The molecule has 0 saturated carbocycles. The van der Waals surface area contributed by atoms with Crippen LogP contribution in [0.5, 0.6) is 0 Å². The van der Waals surface area contributed by atoms with E-state index >= 15 is 0 Å². The summed E-state index contributed by atoms with van der Waals surface area (Å²) >= 11 is 0. The summed E-state index contributed by atoms with van der Waals surface area (Å²) in [5, 5.41) is 5.11. The molecule has 201 valence electrons. The van der Waals surface area contributed by atoms with Gasteiger partial charge in [0.2, 0.25) is 0 Å². The van der Waals surface area contributed by atoms with Gasteiger partial charge in [0.25, 0.3) is 0 Å². The summed E-state index contributed by atoms with van der Waals surface area (Å²) in [7, 11) is 0. The molecular weight excluding hydrogens is 677 g/mol. The van der Waals surface area contributed by atoms with Crippen LogP contribution in [0.25, 0.3) is 55.2 Å². The molecule has 0 fully saturated rings. The topological polar surface area (TPSA) is 25.8 Å². The summed E-state index contributed by atoms with van der Waals surface area (Å²) in [6.07, 6.45) is 3.77. The normalized spacial score (nSPS) is 10.5. The number of nitrogens with zero attached hydrogens (tertiary/aromatic N) is 2. The van der Waals surface area contributed by atoms with Crippen LogP contribution >= 0.6 is 0 Å². The minimum absolute atomic E-state index is 0. The Hall–Kier alpha value is -4.43. The van der Waals surface area contributed by atoms with Gasteiger partial charge in [0, 0.05) is 32.5 Å². The summed E-state index contributed by atoms with van der Waals surface area (Å²) in [4.78, 5) is 8.83. The fourth-order valence-electron chi connectivity index (χ4n) is 4.85. The molecule has 0 amide bonds. The Morgan fingerprint density at radius 3 is 1.73 bits per heavy atom. The van der Waals surface area contributed by atoms with Crippen molar-refractivity contribution in [3.63, 3.8) is 0 Å². The van der Waals surface area contributed by atoms with Crippen LogP contribution < -0.4 is 0 Å². The maximum Gasteiger partial charge on any atom is 0.0190 e. The van der Waals surface area contributed by atoms with Crippen LogP contribution in [-0.2, 0) is 20.1 Å². The zero-order valence-corrected chi connectivity index (χ0v) is 25.3. The van der Waals surface area contributed by atoms with Gasteiger partial charge in [-0.25, -0.2) is 0 Å². The molecular formula is C38H28IrN2-2. The first-order valence-corrected chi connectivity index (χ1v) is 13.4. The Bertz CT molecular complexity index is 1880. The quantitative estimate of drug-likeness (QED) is 0.135. The molecule has 0 spiro atoms. The number of benzene rings is 5. The smallest absolute Gasteiger partial charge is 0.0190 e. The van der Waals surface area contributed by atoms with E-state index in [1.165, 1.54) is 38.2 Å². The van der Waals surface area contributed by atoms with Gasteiger partial charge < -0.3 is 9.97 Å². The molecule has 0 aliphatic carbocycles. The van der Waals surface area contributed by atoms with E-state index in [9.17, 15) is 0 Å². The van der Waals surface area contributed by atoms with Crippen molar-refractivity contribution in [2.24, 2.45) is 0 Å². The van der Waals surface area contributed by atoms with Crippen LogP contribution in [0.1, 0.15) is 11.1 Å². The summed E-state index contributed by atoms with van der Waals surface area (Å²) in [6, 6.07) is 48.5. The molecule has 2 nitrogen and oxygen atoms in total. The van der Waals surface area contributed by atoms with Crippen molar-refractivity contribution < 1.29 is 20.1 Å². The van der Waals surface area contributed by atoms with E-state index in [1.807, 2.05) is 55.7 Å². The van der Waals surface area contributed by atoms with Crippen LogP contribution in [0.3, 0.4) is 0 Å². The first-order chi connectivity index (χ1) is 19.7. The van der Waals surface area contributed by atoms with Crippen molar-refractivity contribution in [3.8, 4) is 33.6 Å². The monoisotopic (exact) mass is 705 g/mol. The Morgan fingerprint density at radius 2 is 1.15 bits per heavy atom. The fraction of sp³-hybridized carbons (Fsp3) is 0.0526. The van der Waals surface area contributed by atoms with Gasteiger partial charge >= 0.3 is 0 Å². The van der Waals surface area contributed by atoms with Crippen molar-refractivity contribution in [1.82, 2.24) is 9.97 Å². The molecule has 0 bridgehead atoms. The van der Waals surface area contributed by atoms with Crippen LogP contribution in [-0.4, -0.2) is 9.97 Å². The molecule has 2 aromatic heterocycles. The van der Waals surface area contributed by atoms with Gasteiger partial charge in [-0.3, -0.25) is 0 Å². The minimum atomic E-state index is 0. The van der Waals surface area contributed by atoms with Gasteiger partial charge in [-0.05, 0) is 57.9 Å². The standard InChI is InChI=1S/C26H18N.C12H10N.Ir/c1-18-10-15-26(27-17-18)20-13-11-19(12-14-20)25-16-21-6-2-3-7-22(21)23-8-4-5-9-24(23)25;1-10-7-8-12(13-9-10)11-5-3-2-4-6-11;/h2-13,15-17H,1H3;2-5,7-9H,1H3;/q2*-1;. The molecule has 0 N–H and O–H groups in total. The van der Waals surface area contributed by atoms with Crippen LogP contribution in [0.15, 0.2) is 134 Å². The van der Waals surface area contributed by atoms with Gasteiger partial charge in [-0.2, -0.15) is 0 Å². The second kappa shape index (κ2) is 12.8. The SMILES string of the molecule is Cc1ccc(-c2[c-]cc(-c3cc4ccccc4c4ccccc34)cc2)nc1.Cc1ccc(-c2[c-]cccc2)nc1.[Ir]. The van der Waals surface area contributed by atoms with E-state index in [0.717, 1.165) is 28.1 Å². The maximum atomic E-state index is 4.51. The second-order valence-corrected chi connectivity index (χ2v) is 9.90. The third kappa shape index (κ3) is 6.33. The molecule has 5 aromatic carbocycles. The van der Waals surface area contributed by atoms with E-state index in [4.69, 9.17) is 0 Å².